The number of rotatable bonds is 6. The number of hydrogen-bond acceptors (Lipinski definition) is 3. The van der Waals surface area contributed by atoms with Crippen LogP contribution in [-0.4, -0.2) is 35.6 Å². The van der Waals surface area contributed by atoms with E-state index in [1.54, 1.807) is 0 Å². The lowest BCUT2D eigenvalue weighted by Gasteiger charge is -2.31. The highest BCUT2D eigenvalue weighted by molar-refractivity contribution is 5.85. The maximum absolute atomic E-state index is 12.8. The quantitative estimate of drug-likeness (QED) is 0.874. The van der Waals surface area contributed by atoms with Crippen molar-refractivity contribution in [1.29, 1.82) is 0 Å². The Morgan fingerprint density at radius 2 is 2.05 bits per heavy atom. The summed E-state index contributed by atoms with van der Waals surface area (Å²) in [5.74, 6) is 0.101. The molecule has 2 N–H and O–H groups in total. The van der Waals surface area contributed by atoms with Gasteiger partial charge in [-0.2, -0.15) is 0 Å². The standard InChI is InChI=1S/C17H26N2O2.ClH/c1-3-13(2)19(12-14-7-5-4-6-8-14)17(20)16-10-9-15(11-18)21-16;/h4-8,13,15-16H,3,9-12,18H2,1-2H3;1H/t13?,15-,16+;/m1./s1. The van der Waals surface area contributed by atoms with E-state index in [0.717, 1.165) is 24.8 Å². The van der Waals surface area contributed by atoms with E-state index >= 15 is 0 Å². The molecule has 3 atom stereocenters. The third-order valence-corrected chi connectivity index (χ3v) is 4.25. The Kier molecular flexibility index (Phi) is 7.87. The molecule has 1 aromatic carbocycles. The SMILES string of the molecule is CCC(C)N(Cc1ccccc1)C(=O)[C@@H]1CC[C@H](CN)O1.Cl. The second-order valence-electron chi connectivity index (χ2n) is 5.77. The van der Waals surface area contributed by atoms with Crippen LogP contribution in [0, 0.1) is 0 Å². The normalized spacial score (nSPS) is 22.0. The number of ether oxygens (including phenoxy) is 1. The summed E-state index contributed by atoms with van der Waals surface area (Å²) in [5.41, 5.74) is 6.78. The molecule has 1 fully saturated rings. The van der Waals surface area contributed by atoms with E-state index in [2.05, 4.69) is 26.0 Å². The number of carbonyl (C=O) groups excluding carboxylic acids is 1. The molecule has 1 unspecified atom stereocenters. The summed E-state index contributed by atoms with van der Waals surface area (Å²) in [7, 11) is 0. The van der Waals surface area contributed by atoms with Gasteiger partial charge in [-0.1, -0.05) is 37.3 Å². The predicted octanol–water partition coefficient (Wildman–Crippen LogP) is 2.74. The zero-order valence-corrected chi connectivity index (χ0v) is 14.2. The van der Waals surface area contributed by atoms with E-state index in [4.69, 9.17) is 10.5 Å². The highest BCUT2D eigenvalue weighted by Gasteiger charge is 2.34. The summed E-state index contributed by atoms with van der Waals surface area (Å²) in [6.45, 7) is 5.33. The maximum Gasteiger partial charge on any atom is 0.252 e. The molecule has 2 rings (SSSR count). The van der Waals surface area contributed by atoms with Crippen molar-refractivity contribution >= 4 is 18.3 Å². The van der Waals surface area contributed by atoms with E-state index in [9.17, 15) is 4.79 Å². The Bertz CT molecular complexity index is 455. The molecular weight excluding hydrogens is 300 g/mol. The van der Waals surface area contributed by atoms with E-state index in [1.807, 2.05) is 23.1 Å². The molecule has 0 aromatic heterocycles. The minimum absolute atomic E-state index is 0. The molecule has 0 saturated carbocycles. The van der Waals surface area contributed by atoms with Gasteiger partial charge in [-0.25, -0.2) is 0 Å². The van der Waals surface area contributed by atoms with Crippen LogP contribution in [-0.2, 0) is 16.1 Å². The summed E-state index contributed by atoms with van der Waals surface area (Å²) in [5, 5.41) is 0. The fourth-order valence-electron chi connectivity index (χ4n) is 2.70. The number of nitrogens with two attached hydrogens (primary N) is 1. The summed E-state index contributed by atoms with van der Waals surface area (Å²) in [6.07, 6.45) is 2.31. The molecule has 124 valence electrons. The minimum Gasteiger partial charge on any atom is -0.364 e. The van der Waals surface area contributed by atoms with Crippen molar-refractivity contribution in [2.45, 2.75) is 57.9 Å². The van der Waals surface area contributed by atoms with Gasteiger partial charge in [-0.15, -0.1) is 12.4 Å². The summed E-state index contributed by atoms with van der Waals surface area (Å²) in [6, 6.07) is 10.3. The molecule has 4 nitrogen and oxygen atoms in total. The summed E-state index contributed by atoms with van der Waals surface area (Å²) < 4.78 is 5.77. The van der Waals surface area contributed by atoms with Crippen LogP contribution >= 0.6 is 12.4 Å². The summed E-state index contributed by atoms with van der Waals surface area (Å²) in [4.78, 5) is 14.7. The first-order valence-corrected chi connectivity index (χ1v) is 7.85. The third kappa shape index (κ3) is 4.70. The molecule has 0 bridgehead atoms. The van der Waals surface area contributed by atoms with Gasteiger partial charge in [0.1, 0.15) is 6.10 Å². The van der Waals surface area contributed by atoms with Crippen molar-refractivity contribution in [2.75, 3.05) is 6.54 Å². The molecule has 1 aromatic rings. The Morgan fingerprint density at radius 1 is 1.36 bits per heavy atom. The van der Waals surface area contributed by atoms with Gasteiger partial charge in [-0.3, -0.25) is 4.79 Å². The van der Waals surface area contributed by atoms with E-state index < -0.39 is 0 Å². The number of hydrogen-bond donors (Lipinski definition) is 1. The zero-order chi connectivity index (χ0) is 15.2. The molecule has 22 heavy (non-hydrogen) atoms. The van der Waals surface area contributed by atoms with Crippen LogP contribution < -0.4 is 5.73 Å². The summed E-state index contributed by atoms with van der Waals surface area (Å²) >= 11 is 0. The van der Waals surface area contributed by atoms with Crippen molar-refractivity contribution in [3.63, 3.8) is 0 Å². The fraction of sp³-hybridized carbons (Fsp3) is 0.588. The van der Waals surface area contributed by atoms with Gasteiger partial charge in [0, 0.05) is 19.1 Å². The monoisotopic (exact) mass is 326 g/mol. The Balaban J connectivity index is 0.00000242. The van der Waals surface area contributed by atoms with Gasteiger partial charge >= 0.3 is 0 Å². The van der Waals surface area contributed by atoms with Crippen molar-refractivity contribution in [3.05, 3.63) is 35.9 Å². The topological polar surface area (TPSA) is 55.6 Å². The highest BCUT2D eigenvalue weighted by atomic mass is 35.5. The van der Waals surface area contributed by atoms with Crippen LogP contribution in [0.1, 0.15) is 38.7 Å². The van der Waals surface area contributed by atoms with Gasteiger partial charge in [0.15, 0.2) is 0 Å². The molecule has 0 aliphatic carbocycles. The second kappa shape index (κ2) is 9.13. The molecule has 0 spiro atoms. The van der Waals surface area contributed by atoms with Crippen LogP contribution in [0.25, 0.3) is 0 Å². The van der Waals surface area contributed by atoms with E-state index in [-0.39, 0.29) is 36.6 Å². The molecule has 1 amide bonds. The first-order chi connectivity index (χ1) is 10.2. The van der Waals surface area contributed by atoms with Crippen molar-refractivity contribution in [2.24, 2.45) is 5.73 Å². The molecule has 1 aliphatic heterocycles. The van der Waals surface area contributed by atoms with Crippen LogP contribution in [0.4, 0.5) is 0 Å². The Morgan fingerprint density at radius 3 is 2.59 bits per heavy atom. The average molecular weight is 327 g/mol. The highest BCUT2D eigenvalue weighted by Crippen LogP contribution is 2.23. The molecule has 1 saturated heterocycles. The lowest BCUT2D eigenvalue weighted by Crippen LogP contribution is -2.44. The molecule has 0 radical (unpaired) electrons. The van der Waals surface area contributed by atoms with Crippen molar-refractivity contribution in [1.82, 2.24) is 4.90 Å². The fourth-order valence-corrected chi connectivity index (χ4v) is 2.70. The van der Waals surface area contributed by atoms with Gasteiger partial charge in [0.05, 0.1) is 6.10 Å². The maximum atomic E-state index is 12.8. The largest absolute Gasteiger partial charge is 0.364 e. The molecular formula is C17H27ClN2O2. The Hall–Kier alpha value is -1.10. The number of nitrogens with zero attached hydrogens (tertiary/aromatic N) is 1. The Labute approximate surface area is 139 Å². The van der Waals surface area contributed by atoms with Crippen LogP contribution in [0.15, 0.2) is 30.3 Å². The number of carbonyl (C=O) groups is 1. The molecule has 5 heteroatoms. The average Bonchev–Trinajstić information content (AvgIpc) is 3.01. The van der Waals surface area contributed by atoms with E-state index in [0.29, 0.717) is 13.1 Å². The van der Waals surface area contributed by atoms with Gasteiger partial charge in [-0.05, 0) is 31.7 Å². The first kappa shape index (κ1) is 18.9. The zero-order valence-electron chi connectivity index (χ0n) is 13.4. The molecule has 1 heterocycles. The predicted molar refractivity (Wildman–Crippen MR) is 90.9 cm³/mol. The minimum atomic E-state index is -0.323. The lowest BCUT2D eigenvalue weighted by molar-refractivity contribution is -0.145. The first-order valence-electron chi connectivity index (χ1n) is 7.85. The number of benzene rings is 1. The number of halogens is 1. The van der Waals surface area contributed by atoms with Crippen LogP contribution in [0.5, 0.6) is 0 Å². The van der Waals surface area contributed by atoms with Crippen LogP contribution in [0.2, 0.25) is 0 Å². The van der Waals surface area contributed by atoms with Crippen LogP contribution in [0.3, 0.4) is 0 Å². The lowest BCUT2D eigenvalue weighted by atomic mass is 10.1. The third-order valence-electron chi connectivity index (χ3n) is 4.25. The van der Waals surface area contributed by atoms with Gasteiger partial charge in [0.25, 0.3) is 5.91 Å². The molecule has 1 aliphatic rings. The number of amides is 1. The van der Waals surface area contributed by atoms with Gasteiger partial charge < -0.3 is 15.4 Å². The van der Waals surface area contributed by atoms with Gasteiger partial charge in [0.2, 0.25) is 0 Å². The second-order valence-corrected chi connectivity index (χ2v) is 5.77. The van der Waals surface area contributed by atoms with Crippen molar-refractivity contribution in [3.8, 4) is 0 Å². The van der Waals surface area contributed by atoms with Crippen molar-refractivity contribution < 1.29 is 9.53 Å². The van der Waals surface area contributed by atoms with E-state index in [1.165, 1.54) is 0 Å². The smallest absolute Gasteiger partial charge is 0.252 e.